The van der Waals surface area contributed by atoms with Gasteiger partial charge in [0.1, 0.15) is 11.8 Å². The molecule has 2 amide bonds. The van der Waals surface area contributed by atoms with Gasteiger partial charge in [-0.15, -0.1) is 0 Å². The van der Waals surface area contributed by atoms with Crippen LogP contribution in [0.3, 0.4) is 0 Å². The molecule has 12 heteroatoms. The van der Waals surface area contributed by atoms with E-state index >= 15 is 0 Å². The van der Waals surface area contributed by atoms with Crippen LogP contribution in [0.5, 0.6) is 5.75 Å². The lowest BCUT2D eigenvalue weighted by Crippen LogP contribution is -2.46. The number of anilines is 1. The lowest BCUT2D eigenvalue weighted by Gasteiger charge is -2.29. The summed E-state index contributed by atoms with van der Waals surface area (Å²) in [7, 11) is 0. The highest BCUT2D eigenvalue weighted by atomic mass is 79.9. The summed E-state index contributed by atoms with van der Waals surface area (Å²) in [6.07, 6.45) is -0.206. The van der Waals surface area contributed by atoms with Crippen molar-refractivity contribution >= 4 is 57.0 Å². The van der Waals surface area contributed by atoms with Gasteiger partial charge in [0.2, 0.25) is 5.91 Å². The number of rotatable bonds is 8. The maximum atomic E-state index is 12.6. The first-order chi connectivity index (χ1) is 16.9. The second-order valence-electron chi connectivity index (χ2n) is 9.13. The molecule has 2 aromatic rings. The second-order valence-corrected chi connectivity index (χ2v) is 10.4. The summed E-state index contributed by atoms with van der Waals surface area (Å²) in [4.78, 5) is 41.1. The Morgan fingerprint density at radius 2 is 2.00 bits per heavy atom. The molecule has 3 rings (SSSR count). The Hall–Kier alpha value is -3.31. The molecule has 0 spiro atoms. The molecular weight excluding hydrogens is 554 g/mol. The quantitative estimate of drug-likeness (QED) is 0.281. The maximum absolute atomic E-state index is 12.6. The van der Waals surface area contributed by atoms with Gasteiger partial charge < -0.3 is 31.5 Å². The molecular formula is C24H27BrClN5O5. The molecule has 2 aromatic carbocycles. The van der Waals surface area contributed by atoms with Crippen molar-refractivity contribution in [3.63, 3.8) is 0 Å². The SMILES string of the molecule is CC1(C)CN=C(Nc2cccc(C(=O)NCC(=O)NC(Cc3cc(Cl)cc(Br)c3O)C(=O)O)c2)NC1. The topological polar surface area (TPSA) is 152 Å². The molecule has 0 saturated carbocycles. The molecule has 0 aromatic heterocycles. The van der Waals surface area contributed by atoms with Gasteiger partial charge >= 0.3 is 5.97 Å². The van der Waals surface area contributed by atoms with Gasteiger partial charge in [-0.1, -0.05) is 31.5 Å². The summed E-state index contributed by atoms with van der Waals surface area (Å²) in [5.41, 5.74) is 1.28. The van der Waals surface area contributed by atoms with Crippen molar-refractivity contribution in [2.45, 2.75) is 26.3 Å². The van der Waals surface area contributed by atoms with Gasteiger partial charge in [-0.3, -0.25) is 14.6 Å². The molecule has 0 bridgehead atoms. The zero-order chi connectivity index (χ0) is 26.5. The van der Waals surface area contributed by atoms with E-state index in [1.54, 1.807) is 24.3 Å². The van der Waals surface area contributed by atoms with Crippen molar-refractivity contribution in [3.8, 4) is 5.75 Å². The highest BCUT2D eigenvalue weighted by Crippen LogP contribution is 2.32. The number of benzene rings is 2. The predicted molar refractivity (Wildman–Crippen MR) is 141 cm³/mol. The lowest BCUT2D eigenvalue weighted by molar-refractivity contribution is -0.141. The van der Waals surface area contributed by atoms with E-state index in [9.17, 15) is 24.6 Å². The zero-order valence-electron chi connectivity index (χ0n) is 19.7. The number of aromatic hydroxyl groups is 1. The van der Waals surface area contributed by atoms with Crippen LogP contribution in [0.15, 0.2) is 45.9 Å². The first-order valence-electron chi connectivity index (χ1n) is 11.1. The van der Waals surface area contributed by atoms with E-state index in [2.05, 4.69) is 56.0 Å². The number of halogens is 2. The third-order valence-electron chi connectivity index (χ3n) is 5.36. The van der Waals surface area contributed by atoms with Crippen molar-refractivity contribution in [2.75, 3.05) is 25.0 Å². The largest absolute Gasteiger partial charge is 0.506 e. The zero-order valence-corrected chi connectivity index (χ0v) is 22.0. The molecule has 1 atom stereocenters. The number of phenolic OH excluding ortho intramolecular Hbond substituents is 1. The molecule has 1 heterocycles. The smallest absolute Gasteiger partial charge is 0.326 e. The number of guanidine groups is 1. The molecule has 0 fully saturated rings. The highest BCUT2D eigenvalue weighted by Gasteiger charge is 2.24. The fourth-order valence-corrected chi connectivity index (χ4v) is 4.26. The predicted octanol–water partition coefficient (Wildman–Crippen LogP) is 2.75. The van der Waals surface area contributed by atoms with Gasteiger partial charge in [-0.25, -0.2) is 4.79 Å². The fourth-order valence-electron chi connectivity index (χ4n) is 3.39. The lowest BCUT2D eigenvalue weighted by atomic mass is 9.93. The number of carbonyl (C=O) groups is 3. The van der Waals surface area contributed by atoms with E-state index in [0.29, 0.717) is 33.3 Å². The third kappa shape index (κ3) is 7.59. The van der Waals surface area contributed by atoms with Gasteiger partial charge in [0.05, 0.1) is 11.0 Å². The third-order valence-corrected chi connectivity index (χ3v) is 6.18. The second kappa shape index (κ2) is 11.6. The van der Waals surface area contributed by atoms with Crippen molar-refractivity contribution in [1.82, 2.24) is 16.0 Å². The Bertz CT molecular complexity index is 1200. The fraction of sp³-hybridized carbons (Fsp3) is 0.333. The van der Waals surface area contributed by atoms with Crippen molar-refractivity contribution in [1.29, 1.82) is 0 Å². The number of carboxylic acids is 1. The van der Waals surface area contributed by atoms with Crippen LogP contribution in [0.25, 0.3) is 0 Å². The van der Waals surface area contributed by atoms with E-state index in [1.165, 1.54) is 12.1 Å². The summed E-state index contributed by atoms with van der Waals surface area (Å²) in [5, 5.41) is 31.1. The molecule has 0 aliphatic carbocycles. The molecule has 10 nitrogen and oxygen atoms in total. The molecule has 36 heavy (non-hydrogen) atoms. The normalized spacial score (nSPS) is 15.2. The monoisotopic (exact) mass is 579 g/mol. The Labute approximate surface area is 221 Å². The van der Waals surface area contributed by atoms with Crippen LogP contribution in [0, 0.1) is 5.41 Å². The minimum atomic E-state index is -1.34. The molecule has 1 aliphatic rings. The van der Waals surface area contributed by atoms with E-state index in [-0.39, 0.29) is 23.1 Å². The van der Waals surface area contributed by atoms with Crippen LogP contribution in [0.1, 0.15) is 29.8 Å². The molecule has 1 unspecified atom stereocenters. The van der Waals surface area contributed by atoms with Crippen LogP contribution in [-0.4, -0.2) is 59.6 Å². The van der Waals surface area contributed by atoms with E-state index < -0.39 is 30.4 Å². The number of aliphatic carboxylic acids is 1. The van der Waals surface area contributed by atoms with Gasteiger partial charge in [-0.2, -0.15) is 0 Å². The number of phenols is 1. The molecule has 0 radical (unpaired) electrons. The van der Waals surface area contributed by atoms with E-state index in [0.717, 1.165) is 6.54 Å². The number of carbonyl (C=O) groups excluding carboxylic acids is 2. The Kier molecular flexibility index (Phi) is 8.80. The molecule has 6 N–H and O–H groups in total. The molecule has 1 aliphatic heterocycles. The number of nitrogens with one attached hydrogen (secondary N) is 4. The van der Waals surface area contributed by atoms with Crippen molar-refractivity contribution in [3.05, 3.63) is 57.0 Å². The van der Waals surface area contributed by atoms with Gasteiger partial charge in [0, 0.05) is 41.2 Å². The van der Waals surface area contributed by atoms with Gasteiger partial charge in [0.15, 0.2) is 5.96 Å². The summed E-state index contributed by atoms with van der Waals surface area (Å²) in [5.74, 6) is -2.05. The van der Waals surface area contributed by atoms with Gasteiger partial charge in [-0.05, 0) is 51.8 Å². The highest BCUT2D eigenvalue weighted by molar-refractivity contribution is 9.10. The number of hydrogen-bond acceptors (Lipinski definition) is 7. The average molecular weight is 581 g/mol. The van der Waals surface area contributed by atoms with Crippen LogP contribution in [-0.2, 0) is 16.0 Å². The minimum Gasteiger partial charge on any atom is -0.506 e. The number of nitrogens with zero attached hydrogens (tertiary/aromatic N) is 1. The summed E-state index contributed by atoms with van der Waals surface area (Å²) >= 11 is 9.12. The summed E-state index contributed by atoms with van der Waals surface area (Å²) < 4.78 is 0.305. The van der Waals surface area contributed by atoms with Crippen LogP contribution >= 0.6 is 27.5 Å². The van der Waals surface area contributed by atoms with Crippen LogP contribution in [0.4, 0.5) is 5.69 Å². The average Bonchev–Trinajstić information content (AvgIpc) is 2.81. The Morgan fingerprint density at radius 1 is 1.25 bits per heavy atom. The Balaban J connectivity index is 1.56. The number of carboxylic acid groups (broad SMARTS) is 1. The standard InChI is InChI=1S/C24H27BrClN5O5/c1-24(2)11-28-23(29-12-24)30-16-5-3-4-13(7-16)21(34)27-10-19(32)31-18(22(35)36)8-14-6-15(26)9-17(25)20(14)33/h3-7,9,18,33H,8,10-12H2,1-2H3,(H,27,34)(H,31,32)(H,35,36)(H2,28,29,30). The van der Waals surface area contributed by atoms with Crippen molar-refractivity contribution in [2.24, 2.45) is 10.4 Å². The number of aliphatic imine (C=N–C) groups is 1. The first kappa shape index (κ1) is 27.3. The summed E-state index contributed by atoms with van der Waals surface area (Å²) in [6.45, 7) is 5.22. The summed E-state index contributed by atoms with van der Waals surface area (Å²) in [6, 6.07) is 8.24. The maximum Gasteiger partial charge on any atom is 0.326 e. The number of hydrogen-bond donors (Lipinski definition) is 6. The number of amides is 2. The Morgan fingerprint density at radius 3 is 2.67 bits per heavy atom. The first-order valence-corrected chi connectivity index (χ1v) is 12.2. The van der Waals surface area contributed by atoms with Crippen molar-refractivity contribution < 1.29 is 24.6 Å². The van der Waals surface area contributed by atoms with Crippen LogP contribution < -0.4 is 21.3 Å². The van der Waals surface area contributed by atoms with E-state index in [4.69, 9.17) is 11.6 Å². The van der Waals surface area contributed by atoms with E-state index in [1.807, 2.05) is 0 Å². The van der Waals surface area contributed by atoms with Crippen LogP contribution in [0.2, 0.25) is 5.02 Å². The minimum absolute atomic E-state index is 0.0680. The van der Waals surface area contributed by atoms with Gasteiger partial charge in [0.25, 0.3) is 5.91 Å². The molecule has 192 valence electrons. The molecule has 0 saturated heterocycles.